The van der Waals surface area contributed by atoms with Crippen molar-refractivity contribution in [3.63, 3.8) is 0 Å². The Bertz CT molecular complexity index is 1460. The van der Waals surface area contributed by atoms with Crippen LogP contribution in [0.2, 0.25) is 0 Å². The highest BCUT2D eigenvalue weighted by molar-refractivity contribution is 7.80. The maximum absolute atomic E-state index is 13.6. The lowest BCUT2D eigenvalue weighted by Gasteiger charge is -2.45. The fraction of sp³-hybridized carbons (Fsp3) is 0.419. The molecule has 6 heteroatoms. The summed E-state index contributed by atoms with van der Waals surface area (Å²) in [5, 5.41) is 0. The number of benzene rings is 3. The molecule has 0 bridgehead atoms. The summed E-state index contributed by atoms with van der Waals surface area (Å²) in [7, 11) is 0. The second-order valence-electron chi connectivity index (χ2n) is 11.5. The van der Waals surface area contributed by atoms with Crippen molar-refractivity contribution in [3.8, 4) is 11.5 Å². The molecule has 1 unspecified atom stereocenters. The van der Waals surface area contributed by atoms with E-state index in [4.69, 9.17) is 8.92 Å². The molecule has 6 aliphatic heterocycles. The van der Waals surface area contributed by atoms with E-state index in [1.54, 1.807) is 0 Å². The van der Waals surface area contributed by atoms with Crippen molar-refractivity contribution in [3.05, 3.63) is 75.3 Å². The molecule has 188 valence electrons. The van der Waals surface area contributed by atoms with Gasteiger partial charge >= 0.3 is 0 Å². The van der Waals surface area contributed by atoms with Gasteiger partial charge in [0, 0.05) is 65.4 Å². The molecule has 9 rings (SSSR count). The number of fused-ring (bicyclic) bond motifs is 8. The highest BCUT2D eigenvalue weighted by Gasteiger charge is 2.55. The Morgan fingerprint density at radius 3 is 1.84 bits per heavy atom. The van der Waals surface area contributed by atoms with Gasteiger partial charge in [-0.15, -0.1) is 0 Å². The molecule has 0 amide bonds. The standard InChI is InChI=1S/C31H30N2O3S/c34-37-26-12-2-1-11-23(26)31(36-37)24-17-19-7-3-13-32-15-5-9-21(27(19)32)29(24)35-30-22-10-6-16-33-14-4-8-20(28(22)33)18-25(30)31/h1-2,11-12,17-18H,3-10,13-16H2. The Kier molecular flexibility index (Phi) is 4.22. The van der Waals surface area contributed by atoms with Crippen LogP contribution >= 0.6 is 0 Å². The molecule has 0 fully saturated rings. The number of anilines is 2. The normalized spacial score (nSPS) is 23.5. The molecule has 37 heavy (non-hydrogen) atoms. The van der Waals surface area contributed by atoms with Crippen molar-refractivity contribution < 1.29 is 13.1 Å². The van der Waals surface area contributed by atoms with Crippen LogP contribution in [-0.2, 0) is 46.5 Å². The summed E-state index contributed by atoms with van der Waals surface area (Å²) in [5.41, 5.74) is 10.5. The van der Waals surface area contributed by atoms with E-state index < -0.39 is 16.7 Å². The van der Waals surface area contributed by atoms with Gasteiger partial charge in [-0.2, -0.15) is 0 Å². The number of nitrogens with zero attached hydrogens (tertiary/aromatic N) is 2. The third-order valence-corrected chi connectivity index (χ3v) is 10.7. The van der Waals surface area contributed by atoms with Crippen molar-refractivity contribution in [1.82, 2.24) is 0 Å². The molecule has 0 aromatic heterocycles. The predicted octanol–water partition coefficient (Wildman–Crippen LogP) is 5.53. The Labute approximate surface area is 220 Å². The van der Waals surface area contributed by atoms with Gasteiger partial charge in [-0.3, -0.25) is 4.18 Å². The van der Waals surface area contributed by atoms with Crippen molar-refractivity contribution in [2.75, 3.05) is 36.0 Å². The predicted molar refractivity (Wildman–Crippen MR) is 144 cm³/mol. The molecule has 1 atom stereocenters. The number of hydrogen-bond donors (Lipinski definition) is 0. The van der Waals surface area contributed by atoms with Crippen LogP contribution in [0.4, 0.5) is 11.4 Å². The fourth-order valence-corrected chi connectivity index (χ4v) is 9.32. The minimum atomic E-state index is -1.53. The third-order valence-electron chi connectivity index (χ3n) is 9.55. The van der Waals surface area contributed by atoms with Crippen LogP contribution in [0.3, 0.4) is 0 Å². The molecular formula is C31H30N2O3S. The zero-order valence-corrected chi connectivity index (χ0v) is 21.8. The van der Waals surface area contributed by atoms with Crippen LogP contribution < -0.4 is 14.5 Å². The minimum absolute atomic E-state index is 0.794. The highest BCUT2D eigenvalue weighted by atomic mass is 32.2. The Morgan fingerprint density at radius 1 is 0.703 bits per heavy atom. The van der Waals surface area contributed by atoms with Crippen molar-refractivity contribution >= 4 is 22.5 Å². The summed E-state index contributed by atoms with van der Waals surface area (Å²) < 4.78 is 27.5. The summed E-state index contributed by atoms with van der Waals surface area (Å²) in [6, 6.07) is 12.9. The van der Waals surface area contributed by atoms with Crippen molar-refractivity contribution in [2.45, 2.75) is 61.9 Å². The van der Waals surface area contributed by atoms with Crippen molar-refractivity contribution in [2.24, 2.45) is 0 Å². The van der Waals surface area contributed by atoms with E-state index in [0.717, 1.165) is 97.8 Å². The minimum Gasteiger partial charge on any atom is -0.456 e. The van der Waals surface area contributed by atoms with E-state index in [-0.39, 0.29) is 0 Å². The second kappa shape index (κ2) is 7.39. The molecule has 5 nitrogen and oxygen atoms in total. The quantitative estimate of drug-likeness (QED) is 0.398. The lowest BCUT2D eigenvalue weighted by atomic mass is 9.73. The molecule has 0 aliphatic carbocycles. The Morgan fingerprint density at radius 2 is 1.24 bits per heavy atom. The van der Waals surface area contributed by atoms with Crippen LogP contribution in [0.25, 0.3) is 0 Å². The Balaban J connectivity index is 1.41. The molecule has 6 heterocycles. The van der Waals surface area contributed by atoms with Crippen LogP contribution in [0.15, 0.2) is 41.3 Å². The van der Waals surface area contributed by atoms with E-state index in [0.29, 0.717) is 0 Å². The number of aryl methyl sites for hydroxylation is 2. The van der Waals surface area contributed by atoms with Crippen LogP contribution in [0.1, 0.15) is 64.6 Å². The molecular weight excluding hydrogens is 480 g/mol. The van der Waals surface area contributed by atoms with Gasteiger partial charge in [0.2, 0.25) is 0 Å². The molecule has 0 saturated heterocycles. The van der Waals surface area contributed by atoms with Crippen LogP contribution in [-0.4, -0.2) is 30.4 Å². The summed E-state index contributed by atoms with van der Waals surface area (Å²) in [6.07, 6.45) is 8.81. The smallest absolute Gasteiger partial charge is 0.191 e. The molecule has 3 aromatic rings. The highest BCUT2D eigenvalue weighted by Crippen LogP contribution is 2.62. The summed E-state index contributed by atoms with van der Waals surface area (Å²) in [4.78, 5) is 5.94. The number of rotatable bonds is 0. The van der Waals surface area contributed by atoms with E-state index in [1.165, 1.54) is 46.5 Å². The maximum atomic E-state index is 13.6. The molecule has 1 spiro atoms. The van der Waals surface area contributed by atoms with Crippen LogP contribution in [0, 0.1) is 0 Å². The number of hydrogen-bond acceptors (Lipinski definition) is 5. The molecule has 0 N–H and O–H groups in total. The fourth-order valence-electron chi connectivity index (χ4n) is 8.15. The maximum Gasteiger partial charge on any atom is 0.191 e. The zero-order valence-electron chi connectivity index (χ0n) is 21.0. The largest absolute Gasteiger partial charge is 0.456 e. The first-order valence-electron chi connectivity index (χ1n) is 14.0. The number of ether oxygens (including phenoxy) is 1. The molecule has 0 radical (unpaired) electrons. The molecule has 6 aliphatic rings. The van der Waals surface area contributed by atoms with E-state index in [9.17, 15) is 4.21 Å². The monoisotopic (exact) mass is 510 g/mol. The Hall–Kier alpha value is -2.83. The third kappa shape index (κ3) is 2.61. The average molecular weight is 511 g/mol. The van der Waals surface area contributed by atoms with Gasteiger partial charge in [0.1, 0.15) is 11.5 Å². The lowest BCUT2D eigenvalue weighted by Crippen LogP contribution is -2.39. The average Bonchev–Trinajstić information content (AvgIpc) is 3.23. The first kappa shape index (κ1) is 21.1. The summed E-state index contributed by atoms with van der Waals surface area (Å²) in [6.45, 7) is 4.49. The zero-order chi connectivity index (χ0) is 24.3. The van der Waals surface area contributed by atoms with Gasteiger partial charge in [0.15, 0.2) is 16.7 Å². The van der Waals surface area contributed by atoms with Gasteiger partial charge in [-0.1, -0.05) is 18.2 Å². The van der Waals surface area contributed by atoms with Gasteiger partial charge in [-0.05, 0) is 80.7 Å². The second-order valence-corrected chi connectivity index (χ2v) is 12.5. The van der Waals surface area contributed by atoms with Gasteiger partial charge in [0.05, 0.1) is 4.90 Å². The SMILES string of the molecule is O=S1OC2(c3ccccc31)c1cc3c4c(c1Oc1c2cc2c5c1CCCN5CCC2)CCCN4CCC3. The van der Waals surface area contributed by atoms with Gasteiger partial charge < -0.3 is 14.5 Å². The topological polar surface area (TPSA) is 42.0 Å². The van der Waals surface area contributed by atoms with E-state index in [1.807, 2.05) is 12.1 Å². The van der Waals surface area contributed by atoms with Crippen LogP contribution in [0.5, 0.6) is 11.5 Å². The first-order valence-corrected chi connectivity index (χ1v) is 15.1. The summed E-state index contributed by atoms with van der Waals surface area (Å²) in [5.74, 6) is 1.94. The lowest BCUT2D eigenvalue weighted by molar-refractivity contribution is 0.173. The first-order chi connectivity index (χ1) is 18.2. The summed E-state index contributed by atoms with van der Waals surface area (Å²) >= 11 is -1.53. The van der Waals surface area contributed by atoms with E-state index in [2.05, 4.69) is 34.1 Å². The van der Waals surface area contributed by atoms with Gasteiger partial charge in [0.25, 0.3) is 0 Å². The molecule has 0 saturated carbocycles. The van der Waals surface area contributed by atoms with E-state index >= 15 is 0 Å². The van der Waals surface area contributed by atoms with Crippen molar-refractivity contribution in [1.29, 1.82) is 0 Å². The van der Waals surface area contributed by atoms with Gasteiger partial charge in [-0.25, -0.2) is 4.21 Å². The molecule has 3 aromatic carbocycles.